The molecule has 0 aliphatic carbocycles. The lowest BCUT2D eigenvalue weighted by atomic mass is 10.1. The van der Waals surface area contributed by atoms with E-state index in [2.05, 4.69) is 10.3 Å². The van der Waals surface area contributed by atoms with Gasteiger partial charge in [0.25, 0.3) is 5.91 Å². The minimum absolute atomic E-state index is 0.0417. The summed E-state index contributed by atoms with van der Waals surface area (Å²) in [5, 5.41) is 3.23. The molecule has 1 heterocycles. The Morgan fingerprint density at radius 2 is 1.87 bits per heavy atom. The van der Waals surface area contributed by atoms with Crippen molar-refractivity contribution < 1.29 is 14.3 Å². The van der Waals surface area contributed by atoms with Gasteiger partial charge in [-0.15, -0.1) is 0 Å². The van der Waals surface area contributed by atoms with E-state index in [1.807, 2.05) is 6.07 Å². The second-order valence-corrected chi connectivity index (χ2v) is 6.08. The van der Waals surface area contributed by atoms with E-state index in [-0.39, 0.29) is 18.2 Å². The van der Waals surface area contributed by atoms with Crippen molar-refractivity contribution in [2.45, 2.75) is 19.4 Å². The van der Waals surface area contributed by atoms with Gasteiger partial charge in [-0.1, -0.05) is 29.8 Å². The number of halogens is 1. The van der Waals surface area contributed by atoms with Gasteiger partial charge in [-0.25, -0.2) is 9.78 Å². The zero-order valence-electron chi connectivity index (χ0n) is 12.9. The largest absolute Gasteiger partial charge is 0.460 e. The molecule has 2 rings (SSSR count). The summed E-state index contributed by atoms with van der Waals surface area (Å²) in [7, 11) is 0. The first-order valence-electron chi connectivity index (χ1n) is 7.04. The number of hydrogen-bond acceptors (Lipinski definition) is 4. The highest BCUT2D eigenvalue weighted by atomic mass is 35.5. The number of esters is 1. The SMILES string of the molecule is CC(C)(COC(=O)c1ccccc1)NC(=O)c1ccc(Cl)cn1. The van der Waals surface area contributed by atoms with E-state index in [1.54, 1.807) is 44.2 Å². The first-order chi connectivity index (χ1) is 10.9. The lowest BCUT2D eigenvalue weighted by molar-refractivity contribution is 0.0389. The van der Waals surface area contributed by atoms with Crippen LogP contribution in [0.15, 0.2) is 48.7 Å². The van der Waals surface area contributed by atoms with Crippen molar-refractivity contribution in [1.29, 1.82) is 0 Å². The molecule has 1 N–H and O–H groups in total. The van der Waals surface area contributed by atoms with Crippen molar-refractivity contribution in [3.05, 3.63) is 64.9 Å². The summed E-state index contributed by atoms with van der Waals surface area (Å²) in [4.78, 5) is 28.0. The average molecular weight is 333 g/mol. The van der Waals surface area contributed by atoms with Crippen molar-refractivity contribution in [3.8, 4) is 0 Å². The number of nitrogens with one attached hydrogen (secondary N) is 1. The minimum atomic E-state index is -0.733. The summed E-state index contributed by atoms with van der Waals surface area (Å²) in [6, 6.07) is 11.8. The first kappa shape index (κ1) is 17.0. The van der Waals surface area contributed by atoms with Gasteiger partial charge in [-0.3, -0.25) is 4.79 Å². The van der Waals surface area contributed by atoms with E-state index in [9.17, 15) is 9.59 Å². The molecule has 6 heteroatoms. The van der Waals surface area contributed by atoms with Gasteiger partial charge in [0, 0.05) is 6.20 Å². The maximum atomic E-state index is 12.1. The molecule has 23 heavy (non-hydrogen) atoms. The van der Waals surface area contributed by atoms with Crippen LogP contribution in [0.2, 0.25) is 5.02 Å². The average Bonchev–Trinajstić information content (AvgIpc) is 2.53. The maximum Gasteiger partial charge on any atom is 0.338 e. The van der Waals surface area contributed by atoms with Gasteiger partial charge in [0.05, 0.1) is 16.1 Å². The smallest absolute Gasteiger partial charge is 0.338 e. The van der Waals surface area contributed by atoms with Crippen LogP contribution < -0.4 is 5.32 Å². The van der Waals surface area contributed by atoms with E-state index in [1.165, 1.54) is 12.3 Å². The van der Waals surface area contributed by atoms with Gasteiger partial charge in [0.2, 0.25) is 0 Å². The van der Waals surface area contributed by atoms with Crippen LogP contribution in [-0.4, -0.2) is 29.0 Å². The van der Waals surface area contributed by atoms with E-state index in [0.29, 0.717) is 10.6 Å². The molecule has 0 saturated heterocycles. The van der Waals surface area contributed by atoms with Gasteiger partial charge in [-0.05, 0) is 38.1 Å². The Labute approximate surface area is 139 Å². The highest BCUT2D eigenvalue weighted by molar-refractivity contribution is 6.30. The molecular weight excluding hydrogens is 316 g/mol. The fourth-order valence-electron chi connectivity index (χ4n) is 1.82. The third kappa shape index (κ3) is 5.07. The summed E-state index contributed by atoms with van der Waals surface area (Å²) >= 11 is 5.74. The summed E-state index contributed by atoms with van der Waals surface area (Å²) in [6.45, 7) is 3.57. The molecule has 5 nitrogen and oxygen atoms in total. The Bertz CT molecular complexity index is 685. The highest BCUT2D eigenvalue weighted by Crippen LogP contribution is 2.10. The third-order valence-electron chi connectivity index (χ3n) is 2.99. The summed E-state index contributed by atoms with van der Waals surface area (Å²) in [6.07, 6.45) is 1.40. The zero-order chi connectivity index (χ0) is 16.9. The zero-order valence-corrected chi connectivity index (χ0v) is 13.6. The van der Waals surface area contributed by atoms with Gasteiger partial charge >= 0.3 is 5.97 Å². The van der Waals surface area contributed by atoms with Crippen LogP contribution in [0.25, 0.3) is 0 Å². The molecular formula is C17H17ClN2O3. The molecule has 0 spiro atoms. The predicted octanol–water partition coefficient (Wildman–Crippen LogP) is 3.10. The van der Waals surface area contributed by atoms with Crippen LogP contribution in [0.4, 0.5) is 0 Å². The molecule has 0 aliphatic heterocycles. The van der Waals surface area contributed by atoms with Crippen LogP contribution in [0.1, 0.15) is 34.7 Å². The molecule has 0 bridgehead atoms. The van der Waals surface area contributed by atoms with Crippen LogP contribution in [-0.2, 0) is 4.74 Å². The van der Waals surface area contributed by atoms with Gasteiger partial charge in [0.1, 0.15) is 12.3 Å². The fourth-order valence-corrected chi connectivity index (χ4v) is 1.93. The summed E-state index contributed by atoms with van der Waals surface area (Å²) < 4.78 is 5.25. The normalized spacial score (nSPS) is 10.9. The van der Waals surface area contributed by atoms with E-state index < -0.39 is 11.5 Å². The number of carbonyl (C=O) groups excluding carboxylic acids is 2. The number of amides is 1. The Morgan fingerprint density at radius 1 is 1.17 bits per heavy atom. The third-order valence-corrected chi connectivity index (χ3v) is 3.21. The molecule has 0 saturated carbocycles. The van der Waals surface area contributed by atoms with Crippen LogP contribution in [0.5, 0.6) is 0 Å². The van der Waals surface area contributed by atoms with E-state index in [4.69, 9.17) is 16.3 Å². The molecule has 0 unspecified atom stereocenters. The van der Waals surface area contributed by atoms with Crippen molar-refractivity contribution >= 4 is 23.5 Å². The van der Waals surface area contributed by atoms with Crippen molar-refractivity contribution in [2.75, 3.05) is 6.61 Å². The number of rotatable bonds is 5. The Morgan fingerprint density at radius 3 is 2.48 bits per heavy atom. The van der Waals surface area contributed by atoms with E-state index >= 15 is 0 Å². The Balaban J connectivity index is 1.92. The fraction of sp³-hybridized carbons (Fsp3) is 0.235. The molecule has 1 amide bonds. The lowest BCUT2D eigenvalue weighted by Crippen LogP contribution is -2.47. The Hall–Kier alpha value is -2.40. The number of pyridine rings is 1. The second kappa shape index (κ2) is 7.24. The van der Waals surface area contributed by atoms with Crippen LogP contribution in [0.3, 0.4) is 0 Å². The van der Waals surface area contributed by atoms with Crippen molar-refractivity contribution in [3.63, 3.8) is 0 Å². The maximum absolute atomic E-state index is 12.1. The molecule has 0 radical (unpaired) electrons. The number of ether oxygens (including phenoxy) is 1. The second-order valence-electron chi connectivity index (χ2n) is 5.64. The first-order valence-corrected chi connectivity index (χ1v) is 7.41. The molecule has 0 atom stereocenters. The lowest BCUT2D eigenvalue weighted by Gasteiger charge is -2.25. The summed E-state index contributed by atoms with van der Waals surface area (Å²) in [5.74, 6) is -0.792. The van der Waals surface area contributed by atoms with Crippen molar-refractivity contribution in [2.24, 2.45) is 0 Å². The monoisotopic (exact) mass is 332 g/mol. The molecule has 0 aliphatic rings. The van der Waals surface area contributed by atoms with Crippen LogP contribution in [0, 0.1) is 0 Å². The Kier molecular flexibility index (Phi) is 5.34. The topological polar surface area (TPSA) is 68.3 Å². The quantitative estimate of drug-likeness (QED) is 0.854. The number of benzene rings is 1. The number of nitrogens with zero attached hydrogens (tertiary/aromatic N) is 1. The van der Waals surface area contributed by atoms with Gasteiger partial charge < -0.3 is 10.1 Å². The minimum Gasteiger partial charge on any atom is -0.460 e. The number of carbonyl (C=O) groups is 2. The molecule has 1 aromatic heterocycles. The van der Waals surface area contributed by atoms with Crippen molar-refractivity contribution in [1.82, 2.24) is 10.3 Å². The molecule has 120 valence electrons. The molecule has 1 aromatic carbocycles. The number of hydrogen-bond donors (Lipinski definition) is 1. The van der Waals surface area contributed by atoms with Gasteiger partial charge in [-0.2, -0.15) is 0 Å². The summed E-state index contributed by atoms with van der Waals surface area (Å²) in [5.41, 5.74) is -0.0195. The predicted molar refractivity (Wildman–Crippen MR) is 87.5 cm³/mol. The highest BCUT2D eigenvalue weighted by Gasteiger charge is 2.24. The van der Waals surface area contributed by atoms with Crippen LogP contribution >= 0.6 is 11.6 Å². The molecule has 0 fully saturated rings. The van der Waals surface area contributed by atoms with E-state index in [0.717, 1.165) is 0 Å². The van der Waals surface area contributed by atoms with Gasteiger partial charge in [0.15, 0.2) is 0 Å². The molecule has 2 aromatic rings. The number of aromatic nitrogens is 1. The standard InChI is InChI=1S/C17H17ClN2O3/c1-17(2,11-23-16(22)12-6-4-3-5-7-12)20-15(21)14-9-8-13(18)10-19-14/h3-10H,11H2,1-2H3,(H,20,21).